The van der Waals surface area contributed by atoms with Gasteiger partial charge >= 0.3 is 0 Å². The minimum absolute atomic E-state index is 0.0168. The van der Waals surface area contributed by atoms with Crippen molar-refractivity contribution in [3.8, 4) is 33.8 Å². The topological polar surface area (TPSA) is 18.5 Å². The third kappa shape index (κ3) is 4.42. The van der Waals surface area contributed by atoms with Crippen LogP contribution in [0.25, 0.3) is 22.3 Å². The second kappa shape index (κ2) is 9.65. The molecule has 0 N–H and O–H groups in total. The Morgan fingerprint density at radius 3 is 1.83 bits per heavy atom. The van der Waals surface area contributed by atoms with Crippen LogP contribution >= 0.6 is 0 Å². The molecule has 0 spiro atoms. The summed E-state index contributed by atoms with van der Waals surface area (Å²) >= 11 is 0. The SMILES string of the molecule is CCCCOc1ccc(-c2ccc(-c3ccc(OCC)c(F)c3F)c(F)c2F)cc1. The molecule has 0 atom stereocenters. The monoisotopic (exact) mass is 418 g/mol. The van der Waals surface area contributed by atoms with Crippen molar-refractivity contribution in [3.05, 3.63) is 71.8 Å². The highest BCUT2D eigenvalue weighted by Gasteiger charge is 2.21. The van der Waals surface area contributed by atoms with Crippen molar-refractivity contribution < 1.29 is 27.0 Å². The summed E-state index contributed by atoms with van der Waals surface area (Å²) in [4.78, 5) is 0. The van der Waals surface area contributed by atoms with E-state index >= 15 is 0 Å². The highest BCUT2D eigenvalue weighted by Crippen LogP contribution is 2.35. The van der Waals surface area contributed by atoms with Crippen LogP contribution in [0.15, 0.2) is 48.5 Å². The molecule has 3 aromatic rings. The van der Waals surface area contributed by atoms with Gasteiger partial charge < -0.3 is 9.47 Å². The van der Waals surface area contributed by atoms with Gasteiger partial charge in [-0.15, -0.1) is 0 Å². The van der Waals surface area contributed by atoms with E-state index in [-0.39, 0.29) is 29.0 Å². The highest BCUT2D eigenvalue weighted by molar-refractivity contribution is 5.72. The zero-order chi connectivity index (χ0) is 21.7. The molecule has 0 saturated carbocycles. The highest BCUT2D eigenvalue weighted by atomic mass is 19.2. The number of unbranched alkanes of at least 4 members (excludes halogenated alkanes) is 1. The Hall–Kier alpha value is -3.02. The summed E-state index contributed by atoms with van der Waals surface area (Å²) in [5, 5.41) is 0. The van der Waals surface area contributed by atoms with Crippen LogP contribution in [0.3, 0.4) is 0 Å². The van der Waals surface area contributed by atoms with Crippen LogP contribution in [0.5, 0.6) is 11.5 Å². The Kier molecular flexibility index (Phi) is 6.98. The molecule has 6 heteroatoms. The normalized spacial score (nSPS) is 10.9. The van der Waals surface area contributed by atoms with Gasteiger partial charge in [0.2, 0.25) is 5.82 Å². The summed E-state index contributed by atoms with van der Waals surface area (Å²) in [6.45, 7) is 4.41. The van der Waals surface area contributed by atoms with Crippen molar-refractivity contribution >= 4 is 0 Å². The van der Waals surface area contributed by atoms with Gasteiger partial charge in [0, 0.05) is 16.7 Å². The minimum Gasteiger partial charge on any atom is -0.494 e. The maximum Gasteiger partial charge on any atom is 0.201 e. The number of benzene rings is 3. The quantitative estimate of drug-likeness (QED) is 0.286. The molecule has 3 rings (SSSR count). The molecule has 0 radical (unpaired) electrons. The van der Waals surface area contributed by atoms with E-state index in [0.29, 0.717) is 17.9 Å². The van der Waals surface area contributed by atoms with Gasteiger partial charge in [-0.05, 0) is 43.2 Å². The van der Waals surface area contributed by atoms with Crippen LogP contribution in [0.1, 0.15) is 26.7 Å². The van der Waals surface area contributed by atoms with Gasteiger partial charge in [0.25, 0.3) is 0 Å². The molecule has 0 aliphatic carbocycles. The molecule has 3 aromatic carbocycles. The predicted molar refractivity (Wildman–Crippen MR) is 109 cm³/mol. The molecule has 0 aliphatic rings. The number of rotatable bonds is 8. The Bertz CT molecular complexity index is 1020. The van der Waals surface area contributed by atoms with Crippen LogP contribution in [0.2, 0.25) is 0 Å². The summed E-state index contributed by atoms with van der Waals surface area (Å²) in [6.07, 6.45) is 1.93. The van der Waals surface area contributed by atoms with E-state index in [9.17, 15) is 17.6 Å². The summed E-state index contributed by atoms with van der Waals surface area (Å²) in [6, 6.07) is 11.5. The molecule has 0 amide bonds. The molecular weight excluding hydrogens is 396 g/mol. The van der Waals surface area contributed by atoms with E-state index in [4.69, 9.17) is 9.47 Å². The lowest BCUT2D eigenvalue weighted by molar-refractivity contribution is 0.309. The van der Waals surface area contributed by atoms with Crippen molar-refractivity contribution in [3.63, 3.8) is 0 Å². The third-order valence-corrected chi connectivity index (χ3v) is 4.65. The Labute approximate surface area is 173 Å². The van der Waals surface area contributed by atoms with E-state index in [1.165, 1.54) is 24.3 Å². The van der Waals surface area contributed by atoms with Crippen LogP contribution in [-0.4, -0.2) is 13.2 Å². The summed E-state index contributed by atoms with van der Waals surface area (Å²) in [5.74, 6) is -4.56. The maximum absolute atomic E-state index is 14.8. The molecule has 0 bridgehead atoms. The predicted octanol–water partition coefficient (Wildman–Crippen LogP) is 7.15. The Balaban J connectivity index is 1.92. The number of halogens is 4. The first-order valence-corrected chi connectivity index (χ1v) is 9.80. The van der Waals surface area contributed by atoms with Crippen molar-refractivity contribution in [2.45, 2.75) is 26.7 Å². The molecule has 0 unspecified atom stereocenters. The van der Waals surface area contributed by atoms with Gasteiger partial charge in [-0.25, -0.2) is 13.2 Å². The smallest absolute Gasteiger partial charge is 0.201 e. The molecule has 0 aromatic heterocycles. The Morgan fingerprint density at radius 2 is 1.20 bits per heavy atom. The molecule has 0 fully saturated rings. The van der Waals surface area contributed by atoms with Gasteiger partial charge in [0.05, 0.1) is 13.2 Å². The molecule has 0 saturated heterocycles. The third-order valence-electron chi connectivity index (χ3n) is 4.65. The minimum atomic E-state index is -1.29. The molecular formula is C24H22F4O2. The van der Waals surface area contributed by atoms with E-state index in [0.717, 1.165) is 12.8 Å². The van der Waals surface area contributed by atoms with E-state index in [2.05, 4.69) is 6.92 Å². The van der Waals surface area contributed by atoms with Gasteiger partial charge in [0.15, 0.2) is 23.2 Å². The molecule has 30 heavy (non-hydrogen) atoms. The molecule has 158 valence electrons. The van der Waals surface area contributed by atoms with Crippen molar-refractivity contribution in [1.29, 1.82) is 0 Å². The second-order valence-electron chi connectivity index (χ2n) is 6.69. The fourth-order valence-corrected chi connectivity index (χ4v) is 3.05. The maximum atomic E-state index is 14.8. The van der Waals surface area contributed by atoms with Gasteiger partial charge in [0.1, 0.15) is 5.75 Å². The standard InChI is InChI=1S/C24H22F4O2/c1-3-5-14-30-16-8-6-15(7-9-16)17-10-11-18(22(26)21(17)25)19-12-13-20(29-4-2)24(28)23(19)27/h6-13H,3-5,14H2,1-2H3. The van der Waals surface area contributed by atoms with E-state index in [1.807, 2.05) is 0 Å². The second-order valence-corrected chi connectivity index (χ2v) is 6.69. The van der Waals surface area contributed by atoms with Crippen LogP contribution < -0.4 is 9.47 Å². The zero-order valence-corrected chi connectivity index (χ0v) is 16.8. The summed E-state index contributed by atoms with van der Waals surface area (Å²) < 4.78 is 68.6. The average molecular weight is 418 g/mol. The fourth-order valence-electron chi connectivity index (χ4n) is 3.05. The summed E-state index contributed by atoms with van der Waals surface area (Å²) in [5.41, 5.74) is -0.281. The number of hydrogen-bond acceptors (Lipinski definition) is 2. The number of hydrogen-bond donors (Lipinski definition) is 0. The van der Waals surface area contributed by atoms with Gasteiger partial charge in [-0.1, -0.05) is 37.6 Å². The molecule has 2 nitrogen and oxygen atoms in total. The van der Waals surface area contributed by atoms with Crippen molar-refractivity contribution in [1.82, 2.24) is 0 Å². The lowest BCUT2D eigenvalue weighted by Crippen LogP contribution is -2.01. The summed E-state index contributed by atoms with van der Waals surface area (Å²) in [7, 11) is 0. The first kappa shape index (κ1) is 21.7. The van der Waals surface area contributed by atoms with Gasteiger partial charge in [-0.2, -0.15) is 4.39 Å². The fraction of sp³-hybridized carbons (Fsp3) is 0.250. The largest absolute Gasteiger partial charge is 0.494 e. The Morgan fingerprint density at radius 1 is 0.633 bits per heavy atom. The van der Waals surface area contributed by atoms with Crippen molar-refractivity contribution in [2.24, 2.45) is 0 Å². The first-order valence-electron chi connectivity index (χ1n) is 9.80. The first-order chi connectivity index (χ1) is 14.5. The van der Waals surface area contributed by atoms with Crippen LogP contribution in [0.4, 0.5) is 17.6 Å². The average Bonchev–Trinajstić information content (AvgIpc) is 2.75. The van der Waals surface area contributed by atoms with E-state index in [1.54, 1.807) is 31.2 Å². The molecule has 0 aliphatic heterocycles. The van der Waals surface area contributed by atoms with Crippen LogP contribution in [0, 0.1) is 23.3 Å². The lowest BCUT2D eigenvalue weighted by Gasteiger charge is -2.12. The van der Waals surface area contributed by atoms with Gasteiger partial charge in [-0.3, -0.25) is 0 Å². The van der Waals surface area contributed by atoms with Crippen molar-refractivity contribution in [2.75, 3.05) is 13.2 Å². The molecule has 0 heterocycles. The van der Waals surface area contributed by atoms with Crippen LogP contribution in [-0.2, 0) is 0 Å². The zero-order valence-electron chi connectivity index (χ0n) is 16.8. The number of ether oxygens (including phenoxy) is 2. The van der Waals surface area contributed by atoms with E-state index < -0.39 is 23.3 Å². The lowest BCUT2D eigenvalue weighted by atomic mass is 9.98.